The third-order valence-electron chi connectivity index (χ3n) is 3.64. The van der Waals surface area contributed by atoms with Gasteiger partial charge in [-0.2, -0.15) is 0 Å². The number of carbonyl (C=O) groups excluding carboxylic acids is 1. The van der Waals surface area contributed by atoms with E-state index in [1.807, 2.05) is 13.8 Å². The minimum atomic E-state index is -0.933. The highest BCUT2D eigenvalue weighted by Crippen LogP contribution is 2.34. The maximum atomic E-state index is 11.5. The summed E-state index contributed by atoms with van der Waals surface area (Å²) in [6, 6.07) is 3.12. The summed E-state index contributed by atoms with van der Waals surface area (Å²) in [4.78, 5) is 22.7. The maximum absolute atomic E-state index is 11.5. The van der Waals surface area contributed by atoms with Crippen LogP contribution in [-0.4, -0.2) is 17.0 Å². The molecule has 0 unspecified atom stereocenters. The molecule has 0 amide bonds. The molecule has 1 aromatic carbocycles. The number of carboxylic acid groups (broad SMARTS) is 1. The number of carbonyl (C=O) groups is 2. The smallest absolute Gasteiger partial charge is 0.335 e. The van der Waals surface area contributed by atoms with Gasteiger partial charge >= 0.3 is 11.9 Å². The number of ether oxygens (including phenoxy) is 1. The lowest BCUT2D eigenvalue weighted by atomic mass is 9.86. The van der Waals surface area contributed by atoms with Gasteiger partial charge in [0.25, 0.3) is 0 Å². The predicted molar refractivity (Wildman–Crippen MR) is 82.0 cm³/mol. The summed E-state index contributed by atoms with van der Waals surface area (Å²) >= 11 is 0. The second-order valence-electron chi connectivity index (χ2n) is 5.30. The van der Waals surface area contributed by atoms with Crippen LogP contribution < -0.4 is 4.74 Å². The van der Waals surface area contributed by atoms with Gasteiger partial charge in [0.2, 0.25) is 0 Å². The van der Waals surface area contributed by atoms with Crippen molar-refractivity contribution in [2.45, 2.75) is 59.3 Å². The summed E-state index contributed by atoms with van der Waals surface area (Å²) in [6.45, 7) is 7.45. The molecule has 0 aromatic heterocycles. The molecule has 0 saturated carbocycles. The van der Waals surface area contributed by atoms with Crippen molar-refractivity contribution in [1.82, 2.24) is 0 Å². The Morgan fingerprint density at radius 1 is 1.29 bits per heavy atom. The van der Waals surface area contributed by atoms with Crippen molar-refractivity contribution in [3.05, 3.63) is 28.8 Å². The number of benzene rings is 1. The van der Waals surface area contributed by atoms with E-state index in [1.54, 1.807) is 6.07 Å². The van der Waals surface area contributed by atoms with Gasteiger partial charge in [0.05, 0.1) is 5.56 Å². The van der Waals surface area contributed by atoms with E-state index >= 15 is 0 Å². The monoisotopic (exact) mass is 292 g/mol. The van der Waals surface area contributed by atoms with Crippen LogP contribution in [0.4, 0.5) is 0 Å². The lowest BCUT2D eigenvalue weighted by Gasteiger charge is -2.20. The van der Waals surface area contributed by atoms with E-state index in [4.69, 9.17) is 4.74 Å². The lowest BCUT2D eigenvalue weighted by molar-refractivity contribution is -0.131. The highest BCUT2D eigenvalue weighted by Gasteiger charge is 2.22. The molecular weight excluding hydrogens is 268 g/mol. The van der Waals surface area contributed by atoms with Crippen molar-refractivity contribution in [3.8, 4) is 5.75 Å². The normalized spacial score (nSPS) is 12.0. The molecule has 21 heavy (non-hydrogen) atoms. The molecule has 0 aliphatic rings. The summed E-state index contributed by atoms with van der Waals surface area (Å²) in [7, 11) is 0. The highest BCUT2D eigenvalue weighted by molar-refractivity contribution is 5.90. The zero-order valence-corrected chi connectivity index (χ0v) is 13.2. The van der Waals surface area contributed by atoms with Gasteiger partial charge in [0, 0.05) is 6.92 Å². The Hall–Kier alpha value is -1.84. The first-order valence-electron chi connectivity index (χ1n) is 7.49. The van der Waals surface area contributed by atoms with Crippen LogP contribution in [0.2, 0.25) is 0 Å². The second kappa shape index (κ2) is 7.81. The fourth-order valence-corrected chi connectivity index (χ4v) is 2.66. The van der Waals surface area contributed by atoms with Crippen molar-refractivity contribution in [3.63, 3.8) is 0 Å². The molecule has 0 aliphatic heterocycles. The Kier molecular flexibility index (Phi) is 6.40. The van der Waals surface area contributed by atoms with Gasteiger partial charge in [-0.25, -0.2) is 4.79 Å². The first-order chi connectivity index (χ1) is 9.92. The minimum Gasteiger partial charge on any atom is -0.478 e. The molecule has 0 aliphatic carbocycles. The predicted octanol–water partition coefficient (Wildman–Crippen LogP) is 4.17. The van der Waals surface area contributed by atoms with Crippen LogP contribution in [0.15, 0.2) is 12.1 Å². The molecule has 0 spiro atoms. The molecule has 116 valence electrons. The van der Waals surface area contributed by atoms with E-state index < -0.39 is 5.97 Å². The number of rotatable bonds is 7. The van der Waals surface area contributed by atoms with Crippen LogP contribution in [0.1, 0.15) is 74.4 Å². The molecule has 1 aromatic rings. The van der Waals surface area contributed by atoms with Crippen LogP contribution in [-0.2, 0) is 11.2 Å². The Morgan fingerprint density at radius 3 is 2.43 bits per heavy atom. The minimum absolute atomic E-state index is 0.126. The first kappa shape index (κ1) is 17.2. The topological polar surface area (TPSA) is 63.6 Å². The fraction of sp³-hybridized carbons (Fsp3) is 0.529. The van der Waals surface area contributed by atoms with Gasteiger partial charge in [0.15, 0.2) is 0 Å². The van der Waals surface area contributed by atoms with Crippen LogP contribution >= 0.6 is 0 Å². The Labute approximate surface area is 126 Å². The summed E-state index contributed by atoms with van der Waals surface area (Å²) in [5.41, 5.74) is 1.94. The zero-order chi connectivity index (χ0) is 16.0. The first-order valence-corrected chi connectivity index (χ1v) is 7.49. The van der Waals surface area contributed by atoms with E-state index in [-0.39, 0.29) is 11.9 Å². The van der Waals surface area contributed by atoms with E-state index in [2.05, 4.69) is 6.92 Å². The summed E-state index contributed by atoms with van der Waals surface area (Å²) in [5, 5.41) is 9.42. The van der Waals surface area contributed by atoms with Crippen LogP contribution in [0.5, 0.6) is 5.75 Å². The average Bonchev–Trinajstić information content (AvgIpc) is 2.43. The molecular formula is C17H24O4. The molecule has 0 radical (unpaired) electrons. The van der Waals surface area contributed by atoms with Gasteiger partial charge in [0.1, 0.15) is 5.75 Å². The number of unbranched alkanes of at least 4 members (excludes halogenated alkanes) is 1. The van der Waals surface area contributed by atoms with Crippen molar-refractivity contribution in [2.24, 2.45) is 0 Å². The molecule has 1 atom stereocenters. The average molecular weight is 292 g/mol. The van der Waals surface area contributed by atoms with E-state index in [0.29, 0.717) is 17.7 Å². The van der Waals surface area contributed by atoms with E-state index in [9.17, 15) is 14.7 Å². The zero-order valence-electron chi connectivity index (χ0n) is 13.2. The summed E-state index contributed by atoms with van der Waals surface area (Å²) < 4.78 is 5.23. The van der Waals surface area contributed by atoms with Crippen molar-refractivity contribution < 1.29 is 19.4 Å². The number of carboxylic acids is 1. The van der Waals surface area contributed by atoms with Gasteiger partial charge in [-0.05, 0) is 42.0 Å². The molecule has 0 saturated heterocycles. The summed E-state index contributed by atoms with van der Waals surface area (Å²) in [6.07, 6.45) is 3.67. The summed E-state index contributed by atoms with van der Waals surface area (Å²) in [5.74, 6) is -0.716. The lowest BCUT2D eigenvalue weighted by Crippen LogP contribution is -2.12. The Morgan fingerprint density at radius 2 is 1.95 bits per heavy atom. The Balaban J connectivity index is 3.37. The highest BCUT2D eigenvalue weighted by atomic mass is 16.5. The third-order valence-corrected chi connectivity index (χ3v) is 3.64. The van der Waals surface area contributed by atoms with Gasteiger partial charge < -0.3 is 9.84 Å². The molecule has 1 N–H and O–H groups in total. The van der Waals surface area contributed by atoms with Gasteiger partial charge in [-0.1, -0.05) is 33.6 Å². The number of esters is 1. The van der Waals surface area contributed by atoms with Gasteiger partial charge in [-0.3, -0.25) is 4.79 Å². The molecule has 1 rings (SSSR count). The fourth-order valence-electron chi connectivity index (χ4n) is 2.66. The quantitative estimate of drug-likeness (QED) is 0.605. The maximum Gasteiger partial charge on any atom is 0.335 e. The van der Waals surface area contributed by atoms with Crippen molar-refractivity contribution in [1.29, 1.82) is 0 Å². The molecule has 4 heteroatoms. The molecule has 0 bridgehead atoms. The second-order valence-corrected chi connectivity index (χ2v) is 5.30. The Bertz CT molecular complexity index is 520. The SMILES string of the molecule is CCCC[C@@H](C)c1c(C(=O)O)ccc(OC(C)=O)c1CC. The van der Waals surface area contributed by atoms with Crippen LogP contribution in [0, 0.1) is 0 Å². The third kappa shape index (κ3) is 4.31. The largest absolute Gasteiger partial charge is 0.478 e. The molecule has 0 heterocycles. The molecule has 4 nitrogen and oxygen atoms in total. The molecule has 0 fully saturated rings. The number of aromatic carboxylic acids is 1. The standard InChI is InChI=1S/C17H24O4/c1-5-7-8-11(3)16-13(6-2)15(21-12(4)18)10-9-14(16)17(19)20/h9-11H,5-8H2,1-4H3,(H,19,20)/t11-/m1/s1. The van der Waals surface area contributed by atoms with Crippen molar-refractivity contribution >= 4 is 11.9 Å². The van der Waals surface area contributed by atoms with E-state index in [0.717, 1.165) is 30.4 Å². The number of hydrogen-bond donors (Lipinski definition) is 1. The van der Waals surface area contributed by atoms with Gasteiger partial charge in [-0.15, -0.1) is 0 Å². The van der Waals surface area contributed by atoms with Crippen molar-refractivity contribution in [2.75, 3.05) is 0 Å². The number of hydrogen-bond acceptors (Lipinski definition) is 3. The van der Waals surface area contributed by atoms with Crippen LogP contribution in [0.25, 0.3) is 0 Å². The van der Waals surface area contributed by atoms with E-state index in [1.165, 1.54) is 13.0 Å². The van der Waals surface area contributed by atoms with Crippen LogP contribution in [0.3, 0.4) is 0 Å².